The number of hydrogen-bond donors (Lipinski definition) is 0. The van der Waals surface area contributed by atoms with Crippen LogP contribution in [0.25, 0.3) is 11.3 Å². The number of rotatable bonds is 1. The maximum Gasteiger partial charge on any atom is 0.180 e. The summed E-state index contributed by atoms with van der Waals surface area (Å²) in [4.78, 5) is 0. The maximum absolute atomic E-state index is 13.9. The van der Waals surface area contributed by atoms with Crippen molar-refractivity contribution < 1.29 is 17.6 Å². The van der Waals surface area contributed by atoms with E-state index in [1.165, 1.54) is 30.5 Å². The molecule has 1 aromatic carbocycles. The second kappa shape index (κ2) is 4.27. The highest BCUT2D eigenvalue weighted by Crippen LogP contribution is 2.32. The highest BCUT2D eigenvalue weighted by Gasteiger charge is 2.27. The highest BCUT2D eigenvalue weighted by atomic mass is 19.2. The van der Waals surface area contributed by atoms with Gasteiger partial charge in [-0.05, 0) is 12.1 Å². The molecule has 1 aromatic heterocycles. The Kier molecular flexibility index (Phi) is 2.78. The van der Waals surface area contributed by atoms with E-state index >= 15 is 0 Å². The normalized spacial score (nSPS) is 9.83. The van der Waals surface area contributed by atoms with Gasteiger partial charge in [0.05, 0.1) is 11.8 Å². The Bertz CT molecular complexity index is 694. The van der Waals surface area contributed by atoms with Gasteiger partial charge in [-0.1, -0.05) is 0 Å². The SMILES string of the molecule is N#Cc1c(F)c(F)c(C#N)c(-c2ccco2)c1F. The molecule has 0 aliphatic rings. The molecule has 2 aromatic rings. The lowest BCUT2D eigenvalue weighted by Gasteiger charge is -2.06. The van der Waals surface area contributed by atoms with Crippen LogP contribution in [0.2, 0.25) is 0 Å². The Labute approximate surface area is 99.3 Å². The van der Waals surface area contributed by atoms with Crippen LogP contribution in [0.15, 0.2) is 22.8 Å². The summed E-state index contributed by atoms with van der Waals surface area (Å²) >= 11 is 0. The molecule has 0 amide bonds. The van der Waals surface area contributed by atoms with Crippen molar-refractivity contribution >= 4 is 0 Å². The van der Waals surface area contributed by atoms with Crippen molar-refractivity contribution in [1.82, 2.24) is 0 Å². The fraction of sp³-hybridized carbons (Fsp3) is 0. The molecule has 88 valence electrons. The molecular formula is C12H3F3N2O. The van der Waals surface area contributed by atoms with Gasteiger partial charge in [-0.15, -0.1) is 0 Å². The van der Waals surface area contributed by atoms with Crippen molar-refractivity contribution in [2.75, 3.05) is 0 Å². The summed E-state index contributed by atoms with van der Waals surface area (Å²) in [5.74, 6) is -4.72. The predicted molar refractivity (Wildman–Crippen MR) is 53.4 cm³/mol. The third-order valence-electron chi connectivity index (χ3n) is 2.31. The molecule has 0 bridgehead atoms. The Morgan fingerprint density at radius 3 is 2.06 bits per heavy atom. The fourth-order valence-corrected chi connectivity index (χ4v) is 1.52. The van der Waals surface area contributed by atoms with Gasteiger partial charge in [0, 0.05) is 0 Å². The number of nitrogens with zero attached hydrogens (tertiary/aromatic N) is 2. The smallest absolute Gasteiger partial charge is 0.180 e. The van der Waals surface area contributed by atoms with Gasteiger partial charge in [0.1, 0.15) is 29.0 Å². The molecular weight excluding hydrogens is 245 g/mol. The zero-order valence-electron chi connectivity index (χ0n) is 8.67. The molecule has 0 radical (unpaired) electrons. The summed E-state index contributed by atoms with van der Waals surface area (Å²) in [5, 5.41) is 17.4. The molecule has 0 atom stereocenters. The van der Waals surface area contributed by atoms with E-state index in [0.717, 1.165) is 0 Å². The molecule has 3 nitrogen and oxygen atoms in total. The Hall–Kier alpha value is -2.73. The monoisotopic (exact) mass is 248 g/mol. The second-order valence-electron chi connectivity index (χ2n) is 3.27. The van der Waals surface area contributed by atoms with Gasteiger partial charge in [0.25, 0.3) is 0 Å². The van der Waals surface area contributed by atoms with Crippen molar-refractivity contribution in [3.8, 4) is 23.5 Å². The van der Waals surface area contributed by atoms with Crippen molar-refractivity contribution in [2.45, 2.75) is 0 Å². The number of hydrogen-bond acceptors (Lipinski definition) is 3. The molecule has 0 saturated carbocycles. The predicted octanol–water partition coefficient (Wildman–Crippen LogP) is 3.11. The van der Waals surface area contributed by atoms with E-state index in [1.807, 2.05) is 0 Å². The van der Waals surface area contributed by atoms with Crippen LogP contribution in [0, 0.1) is 40.1 Å². The molecule has 0 N–H and O–H groups in total. The molecule has 0 aliphatic carbocycles. The minimum atomic E-state index is -1.68. The average Bonchev–Trinajstić information content (AvgIpc) is 2.87. The lowest BCUT2D eigenvalue weighted by molar-refractivity contribution is 0.487. The Balaban J connectivity index is 2.94. The van der Waals surface area contributed by atoms with Gasteiger partial charge in [-0.3, -0.25) is 0 Å². The van der Waals surface area contributed by atoms with Crippen LogP contribution >= 0.6 is 0 Å². The van der Waals surface area contributed by atoms with Gasteiger partial charge in [0.2, 0.25) is 0 Å². The first-order chi connectivity index (χ1) is 8.61. The molecule has 6 heteroatoms. The van der Waals surface area contributed by atoms with Crippen LogP contribution < -0.4 is 0 Å². The molecule has 0 spiro atoms. The average molecular weight is 248 g/mol. The lowest BCUT2D eigenvalue weighted by Crippen LogP contribution is -2.03. The lowest BCUT2D eigenvalue weighted by atomic mass is 10.0. The van der Waals surface area contributed by atoms with Crippen LogP contribution in [0.5, 0.6) is 0 Å². The van der Waals surface area contributed by atoms with E-state index in [0.29, 0.717) is 0 Å². The minimum absolute atomic E-state index is 0.153. The fourth-order valence-electron chi connectivity index (χ4n) is 1.52. The molecule has 0 unspecified atom stereocenters. The summed E-state index contributed by atoms with van der Waals surface area (Å²) in [6, 6.07) is 5.25. The Morgan fingerprint density at radius 1 is 0.944 bits per heavy atom. The van der Waals surface area contributed by atoms with E-state index in [1.54, 1.807) is 0 Å². The topological polar surface area (TPSA) is 60.7 Å². The zero-order valence-corrected chi connectivity index (χ0v) is 8.67. The number of furan rings is 1. The van der Waals surface area contributed by atoms with E-state index < -0.39 is 34.1 Å². The van der Waals surface area contributed by atoms with Crippen LogP contribution in [0.4, 0.5) is 13.2 Å². The van der Waals surface area contributed by atoms with Crippen LogP contribution in [0.3, 0.4) is 0 Å². The molecule has 1 heterocycles. The molecule has 0 saturated heterocycles. The minimum Gasteiger partial charge on any atom is -0.464 e. The molecule has 0 fully saturated rings. The summed E-state index contributed by atoms with van der Waals surface area (Å²) in [6.07, 6.45) is 1.18. The van der Waals surface area contributed by atoms with Gasteiger partial charge in [-0.25, -0.2) is 13.2 Å². The van der Waals surface area contributed by atoms with Crippen molar-refractivity contribution in [2.24, 2.45) is 0 Å². The van der Waals surface area contributed by atoms with E-state index in [4.69, 9.17) is 14.9 Å². The van der Waals surface area contributed by atoms with E-state index in [9.17, 15) is 13.2 Å². The number of benzene rings is 1. The first kappa shape index (κ1) is 11.7. The van der Waals surface area contributed by atoms with E-state index in [-0.39, 0.29) is 5.76 Å². The summed E-state index contributed by atoms with van der Waals surface area (Å²) < 4.78 is 45.6. The van der Waals surface area contributed by atoms with Crippen LogP contribution in [-0.2, 0) is 0 Å². The van der Waals surface area contributed by atoms with E-state index in [2.05, 4.69) is 0 Å². The zero-order chi connectivity index (χ0) is 13.3. The van der Waals surface area contributed by atoms with Gasteiger partial charge >= 0.3 is 0 Å². The molecule has 18 heavy (non-hydrogen) atoms. The standard InChI is InChI=1S/C12H3F3N2O/c13-10-7(5-17)12(15)11(14)6(4-16)9(10)8-2-1-3-18-8/h1-3H. The van der Waals surface area contributed by atoms with Gasteiger partial charge in [0.15, 0.2) is 17.5 Å². The van der Waals surface area contributed by atoms with Crippen molar-refractivity contribution in [1.29, 1.82) is 10.5 Å². The first-order valence-corrected chi connectivity index (χ1v) is 4.66. The summed E-state index contributed by atoms with van der Waals surface area (Å²) in [6.45, 7) is 0. The van der Waals surface area contributed by atoms with Gasteiger partial charge < -0.3 is 4.42 Å². The van der Waals surface area contributed by atoms with Crippen LogP contribution in [0.1, 0.15) is 11.1 Å². The Morgan fingerprint density at radius 2 is 1.56 bits per heavy atom. The summed E-state index contributed by atoms with van der Waals surface area (Å²) in [7, 11) is 0. The third kappa shape index (κ3) is 1.52. The number of nitriles is 2. The van der Waals surface area contributed by atoms with Crippen LogP contribution in [-0.4, -0.2) is 0 Å². The highest BCUT2D eigenvalue weighted by molar-refractivity contribution is 5.69. The third-order valence-corrected chi connectivity index (χ3v) is 2.31. The molecule has 0 aliphatic heterocycles. The summed E-state index contributed by atoms with van der Waals surface area (Å²) in [5.41, 5.74) is -2.48. The van der Waals surface area contributed by atoms with Crippen molar-refractivity contribution in [3.63, 3.8) is 0 Å². The van der Waals surface area contributed by atoms with Gasteiger partial charge in [-0.2, -0.15) is 10.5 Å². The van der Waals surface area contributed by atoms with Crippen molar-refractivity contribution in [3.05, 3.63) is 47.0 Å². The molecule has 2 rings (SSSR count). The quantitative estimate of drug-likeness (QED) is 0.728. The number of halogens is 3. The second-order valence-corrected chi connectivity index (χ2v) is 3.27. The maximum atomic E-state index is 13.9. The first-order valence-electron chi connectivity index (χ1n) is 4.66. The largest absolute Gasteiger partial charge is 0.464 e.